The van der Waals surface area contributed by atoms with Crippen LogP contribution in [0.15, 0.2) is 76.3 Å². The third kappa shape index (κ3) is 5.86. The highest BCUT2D eigenvalue weighted by Crippen LogP contribution is 2.27. The molecule has 0 aliphatic carbocycles. The number of anilines is 2. The number of aryl methyl sites for hydroxylation is 1. The molecule has 0 saturated heterocycles. The minimum Gasteiger partial charge on any atom is -0.463 e. The predicted octanol–water partition coefficient (Wildman–Crippen LogP) is 2.59. The van der Waals surface area contributed by atoms with Crippen LogP contribution < -0.4 is 11.5 Å². The summed E-state index contributed by atoms with van der Waals surface area (Å²) in [7, 11) is 0. The third-order valence-electron chi connectivity index (χ3n) is 6.67. The van der Waals surface area contributed by atoms with Gasteiger partial charge in [-0.2, -0.15) is 15.2 Å². The number of hydrogen-bond acceptors (Lipinski definition) is 16. The van der Waals surface area contributed by atoms with Gasteiger partial charge in [0, 0.05) is 12.4 Å². The maximum Gasteiger partial charge on any atom is 0.222 e. The van der Waals surface area contributed by atoms with Gasteiger partial charge in [-0.1, -0.05) is 10.4 Å². The molecule has 0 aromatic carbocycles. The number of furan rings is 2. The fourth-order valence-electron chi connectivity index (χ4n) is 4.57. The molecule has 8 aromatic rings. The summed E-state index contributed by atoms with van der Waals surface area (Å²) in [5, 5.41) is 25.5. The van der Waals surface area contributed by atoms with Crippen LogP contribution in [0, 0.1) is 18.3 Å². The van der Waals surface area contributed by atoms with Crippen molar-refractivity contribution < 1.29 is 8.83 Å². The van der Waals surface area contributed by atoms with Gasteiger partial charge in [-0.05, 0) is 43.3 Å². The molecule has 0 aliphatic heterocycles. The van der Waals surface area contributed by atoms with Crippen molar-refractivity contribution in [3.63, 3.8) is 0 Å². The summed E-state index contributed by atoms with van der Waals surface area (Å²) in [5.74, 6) is 1.32. The molecular formula is C29H22N16O2. The Morgan fingerprint density at radius 3 is 1.85 bits per heavy atom. The van der Waals surface area contributed by atoms with E-state index in [1.807, 2.05) is 6.92 Å². The van der Waals surface area contributed by atoms with Crippen LogP contribution in [-0.2, 0) is 13.1 Å². The lowest BCUT2D eigenvalue weighted by atomic mass is 10.2. The number of nitriles is 1. The molecule has 0 atom stereocenters. The Morgan fingerprint density at radius 1 is 0.745 bits per heavy atom. The van der Waals surface area contributed by atoms with Crippen LogP contribution in [0.2, 0.25) is 0 Å². The Balaban J connectivity index is 0.000000150. The van der Waals surface area contributed by atoms with Gasteiger partial charge in [-0.3, -0.25) is 15.0 Å². The van der Waals surface area contributed by atoms with E-state index in [-0.39, 0.29) is 11.9 Å². The van der Waals surface area contributed by atoms with Gasteiger partial charge in [0.25, 0.3) is 0 Å². The van der Waals surface area contributed by atoms with Gasteiger partial charge in [0.1, 0.15) is 11.4 Å². The average molecular weight is 627 g/mol. The van der Waals surface area contributed by atoms with E-state index < -0.39 is 0 Å². The van der Waals surface area contributed by atoms with Crippen LogP contribution in [0.4, 0.5) is 11.9 Å². The highest BCUT2D eigenvalue weighted by atomic mass is 16.3. The molecule has 8 heterocycles. The predicted molar refractivity (Wildman–Crippen MR) is 164 cm³/mol. The smallest absolute Gasteiger partial charge is 0.222 e. The van der Waals surface area contributed by atoms with E-state index in [1.165, 1.54) is 0 Å². The fourth-order valence-corrected chi connectivity index (χ4v) is 4.57. The zero-order chi connectivity index (χ0) is 32.3. The van der Waals surface area contributed by atoms with Crippen LogP contribution in [0.5, 0.6) is 0 Å². The zero-order valence-corrected chi connectivity index (χ0v) is 24.5. The number of aromatic nitrogens is 13. The molecule has 8 aromatic heterocycles. The molecule has 230 valence electrons. The maximum absolute atomic E-state index is 8.98. The number of rotatable bonds is 6. The molecule has 0 radical (unpaired) electrons. The van der Waals surface area contributed by atoms with Gasteiger partial charge in [0.05, 0.1) is 60.5 Å². The van der Waals surface area contributed by atoms with Gasteiger partial charge in [0.15, 0.2) is 33.8 Å². The molecule has 18 heteroatoms. The zero-order valence-electron chi connectivity index (χ0n) is 24.5. The molecule has 0 aliphatic rings. The molecule has 0 bridgehead atoms. The van der Waals surface area contributed by atoms with Crippen LogP contribution in [-0.4, -0.2) is 64.9 Å². The number of pyridine rings is 1. The van der Waals surface area contributed by atoms with Crippen LogP contribution in [0.3, 0.4) is 0 Å². The van der Waals surface area contributed by atoms with Gasteiger partial charge < -0.3 is 20.3 Å². The Hall–Kier alpha value is -7.16. The second-order valence-electron chi connectivity index (χ2n) is 9.95. The van der Waals surface area contributed by atoms with E-state index in [2.05, 4.69) is 61.6 Å². The van der Waals surface area contributed by atoms with Gasteiger partial charge in [0.2, 0.25) is 11.9 Å². The molecule has 0 saturated carbocycles. The Morgan fingerprint density at radius 2 is 1.34 bits per heavy atom. The first-order valence-corrected chi connectivity index (χ1v) is 13.9. The standard InChI is InChI=1S/C15H10N8O.C14H12N8O/c16-7-9-3-4-18-10(6-9)8-23-14-13(21-22-23)12(19-15(17)20-14)11-2-1-5-24-11;1-8-5-17-9(6-16-8)7-22-13-12(20-21-22)11(18-14(15)19-13)10-3-2-4-23-10/h1-6H,8H2,(H2,17,19,20);2-6H,7H2,1H3,(H2,15,18,19). The fraction of sp³-hybridized carbons (Fsp3) is 0.103. The number of nitrogen functional groups attached to an aromatic ring is 2. The summed E-state index contributed by atoms with van der Waals surface area (Å²) in [6.07, 6.45) is 8.07. The summed E-state index contributed by atoms with van der Waals surface area (Å²) in [6.45, 7) is 2.57. The minimum atomic E-state index is 0.0937. The third-order valence-corrected chi connectivity index (χ3v) is 6.67. The SMILES string of the molecule is Cc1cnc(Cn2nnc3c(-c4ccco4)nc(N)nc32)cn1.N#Cc1ccnc(Cn2nnc3c(-c4ccco4)nc(N)nc32)c1. The van der Waals surface area contributed by atoms with E-state index in [1.54, 1.807) is 76.9 Å². The van der Waals surface area contributed by atoms with Crippen molar-refractivity contribution in [1.29, 1.82) is 5.26 Å². The first-order valence-electron chi connectivity index (χ1n) is 13.9. The van der Waals surface area contributed by atoms with Crippen LogP contribution in [0.25, 0.3) is 45.2 Å². The molecular weight excluding hydrogens is 604 g/mol. The van der Waals surface area contributed by atoms with Crippen molar-refractivity contribution in [2.24, 2.45) is 0 Å². The normalized spacial score (nSPS) is 11.0. The van der Waals surface area contributed by atoms with E-state index >= 15 is 0 Å². The number of nitrogens with zero attached hydrogens (tertiary/aromatic N) is 14. The minimum absolute atomic E-state index is 0.0937. The molecule has 0 spiro atoms. The van der Waals surface area contributed by atoms with Crippen molar-refractivity contribution in [2.45, 2.75) is 20.0 Å². The van der Waals surface area contributed by atoms with Crippen molar-refractivity contribution in [3.8, 4) is 29.0 Å². The maximum atomic E-state index is 8.98. The van der Waals surface area contributed by atoms with E-state index in [0.29, 0.717) is 69.6 Å². The van der Waals surface area contributed by atoms with Gasteiger partial charge in [-0.15, -0.1) is 10.2 Å². The molecule has 47 heavy (non-hydrogen) atoms. The lowest BCUT2D eigenvalue weighted by Crippen LogP contribution is -2.07. The second kappa shape index (κ2) is 12.1. The Kier molecular flexibility index (Phi) is 7.35. The first kappa shape index (κ1) is 28.6. The summed E-state index contributed by atoms with van der Waals surface area (Å²) in [4.78, 5) is 29.6. The number of hydrogen-bond donors (Lipinski definition) is 2. The van der Waals surface area contributed by atoms with Crippen LogP contribution in [0.1, 0.15) is 22.6 Å². The number of fused-ring (bicyclic) bond motifs is 2. The summed E-state index contributed by atoms with van der Waals surface area (Å²) >= 11 is 0. The largest absolute Gasteiger partial charge is 0.463 e. The van der Waals surface area contributed by atoms with Crippen molar-refractivity contribution in [3.05, 3.63) is 90.2 Å². The summed E-state index contributed by atoms with van der Waals surface area (Å²) in [5.41, 5.74) is 17.4. The van der Waals surface area contributed by atoms with Crippen molar-refractivity contribution in [1.82, 2.24) is 64.9 Å². The monoisotopic (exact) mass is 626 g/mol. The van der Waals surface area contributed by atoms with Crippen molar-refractivity contribution >= 4 is 34.2 Å². The Labute approximate surface area is 263 Å². The first-order chi connectivity index (χ1) is 22.9. The number of nitrogens with two attached hydrogens (primary N) is 2. The highest BCUT2D eigenvalue weighted by molar-refractivity contribution is 5.86. The Bertz CT molecular complexity index is 2350. The second-order valence-corrected chi connectivity index (χ2v) is 9.95. The lowest BCUT2D eigenvalue weighted by Gasteiger charge is -2.03. The molecule has 8 rings (SSSR count). The molecule has 0 unspecified atom stereocenters. The van der Waals surface area contributed by atoms with Crippen LogP contribution >= 0.6 is 0 Å². The van der Waals surface area contributed by atoms with Gasteiger partial charge in [-0.25, -0.2) is 19.3 Å². The van der Waals surface area contributed by atoms with E-state index in [9.17, 15) is 0 Å². The summed E-state index contributed by atoms with van der Waals surface area (Å²) in [6, 6.07) is 12.5. The summed E-state index contributed by atoms with van der Waals surface area (Å²) < 4.78 is 13.9. The van der Waals surface area contributed by atoms with Gasteiger partial charge >= 0.3 is 0 Å². The quantitative estimate of drug-likeness (QED) is 0.269. The highest BCUT2D eigenvalue weighted by Gasteiger charge is 2.19. The average Bonchev–Trinajstić information content (AvgIpc) is 3.91. The molecule has 18 nitrogen and oxygen atoms in total. The lowest BCUT2D eigenvalue weighted by molar-refractivity contribution is 0.580. The van der Waals surface area contributed by atoms with E-state index in [0.717, 1.165) is 11.4 Å². The molecule has 0 fully saturated rings. The van der Waals surface area contributed by atoms with Crippen molar-refractivity contribution in [2.75, 3.05) is 11.5 Å². The topological polar surface area (TPSA) is 254 Å². The van der Waals surface area contributed by atoms with E-state index in [4.69, 9.17) is 25.6 Å². The molecule has 4 N–H and O–H groups in total. The molecule has 0 amide bonds.